The molecule has 3 rings (SSSR count). The molecule has 0 bridgehead atoms. The molecule has 0 aromatic heterocycles. The van der Waals surface area contributed by atoms with Gasteiger partial charge in [-0.2, -0.15) is 4.31 Å². The standard InChI is InChI=1S/C23H31N3O6S2/c1-18-7-8-19(17-22(18)34(30,31)26-14-5-4-6-15-26)23(27)24-13-16-32-20-9-11-21(12-10-20)33(28,29)25(2)3/h7-12,17H,4-6,13-16H2,1-3H3,(H,24,27). The third-order valence-electron chi connectivity index (χ3n) is 5.64. The van der Waals surface area contributed by atoms with Crippen LogP contribution in [0, 0.1) is 6.92 Å². The van der Waals surface area contributed by atoms with E-state index in [4.69, 9.17) is 4.74 Å². The van der Waals surface area contributed by atoms with E-state index in [1.54, 1.807) is 31.2 Å². The lowest BCUT2D eigenvalue weighted by Crippen LogP contribution is -2.36. The van der Waals surface area contributed by atoms with Crippen molar-refractivity contribution in [2.24, 2.45) is 0 Å². The van der Waals surface area contributed by atoms with Gasteiger partial charge in [0.2, 0.25) is 20.0 Å². The van der Waals surface area contributed by atoms with Gasteiger partial charge in [-0.1, -0.05) is 12.5 Å². The van der Waals surface area contributed by atoms with Crippen molar-refractivity contribution in [1.82, 2.24) is 13.9 Å². The summed E-state index contributed by atoms with van der Waals surface area (Å²) >= 11 is 0. The van der Waals surface area contributed by atoms with Gasteiger partial charge in [0.25, 0.3) is 5.91 Å². The second-order valence-corrected chi connectivity index (χ2v) is 12.4. The van der Waals surface area contributed by atoms with Gasteiger partial charge >= 0.3 is 0 Å². The highest BCUT2D eigenvalue weighted by Crippen LogP contribution is 2.24. The topological polar surface area (TPSA) is 113 Å². The zero-order chi connectivity index (χ0) is 24.9. The summed E-state index contributed by atoms with van der Waals surface area (Å²) in [5.41, 5.74) is 0.865. The number of aryl methyl sites for hydroxylation is 1. The maximum atomic E-state index is 13.1. The van der Waals surface area contributed by atoms with Gasteiger partial charge in [0.05, 0.1) is 16.3 Å². The molecule has 0 atom stereocenters. The van der Waals surface area contributed by atoms with Crippen molar-refractivity contribution in [2.45, 2.75) is 36.0 Å². The molecule has 0 spiro atoms. The van der Waals surface area contributed by atoms with Gasteiger partial charge in [0, 0.05) is 32.7 Å². The van der Waals surface area contributed by atoms with E-state index in [1.807, 2.05) is 0 Å². The molecule has 1 heterocycles. The molecule has 1 N–H and O–H groups in total. The number of nitrogens with zero attached hydrogens (tertiary/aromatic N) is 2. The molecule has 9 nitrogen and oxygen atoms in total. The molecule has 0 saturated carbocycles. The Morgan fingerprint density at radius 3 is 2.26 bits per heavy atom. The molecule has 1 aliphatic rings. The predicted octanol–water partition coefficient (Wildman–Crippen LogP) is 2.23. The largest absolute Gasteiger partial charge is 0.492 e. The minimum atomic E-state index is -3.65. The number of piperidine rings is 1. The number of amides is 1. The van der Waals surface area contributed by atoms with Crippen molar-refractivity contribution in [2.75, 3.05) is 40.3 Å². The first-order valence-corrected chi connectivity index (χ1v) is 14.0. The Hall–Kier alpha value is -2.47. The summed E-state index contributed by atoms with van der Waals surface area (Å²) < 4.78 is 58.5. The Labute approximate surface area is 201 Å². The average molecular weight is 510 g/mol. The molecule has 1 fully saturated rings. The molecule has 2 aromatic rings. The van der Waals surface area contributed by atoms with E-state index in [-0.39, 0.29) is 28.5 Å². The monoisotopic (exact) mass is 509 g/mol. The molecule has 1 saturated heterocycles. The lowest BCUT2D eigenvalue weighted by molar-refractivity contribution is 0.0946. The maximum absolute atomic E-state index is 13.1. The van der Waals surface area contributed by atoms with Crippen LogP contribution < -0.4 is 10.1 Å². The lowest BCUT2D eigenvalue weighted by atomic mass is 10.1. The molecule has 186 valence electrons. The predicted molar refractivity (Wildman–Crippen MR) is 129 cm³/mol. The summed E-state index contributed by atoms with van der Waals surface area (Å²) in [6.07, 6.45) is 2.70. The molecular formula is C23H31N3O6S2. The van der Waals surface area contributed by atoms with Crippen LogP contribution in [0.4, 0.5) is 0 Å². The van der Waals surface area contributed by atoms with E-state index in [9.17, 15) is 21.6 Å². The second-order valence-electron chi connectivity index (χ2n) is 8.31. The summed E-state index contributed by atoms with van der Waals surface area (Å²) in [4.78, 5) is 12.9. The summed E-state index contributed by atoms with van der Waals surface area (Å²) in [6, 6.07) is 10.7. The zero-order valence-corrected chi connectivity index (χ0v) is 21.3. The van der Waals surface area contributed by atoms with Crippen LogP contribution in [0.15, 0.2) is 52.3 Å². The molecule has 1 amide bonds. The first-order chi connectivity index (χ1) is 16.0. The molecule has 1 aliphatic heterocycles. The van der Waals surface area contributed by atoms with Crippen LogP contribution in [0.1, 0.15) is 35.2 Å². The smallest absolute Gasteiger partial charge is 0.251 e. The van der Waals surface area contributed by atoms with Crippen molar-refractivity contribution in [3.63, 3.8) is 0 Å². The third-order valence-corrected chi connectivity index (χ3v) is 9.51. The molecule has 2 aromatic carbocycles. The minimum absolute atomic E-state index is 0.158. The lowest BCUT2D eigenvalue weighted by Gasteiger charge is -2.26. The van der Waals surface area contributed by atoms with Crippen LogP contribution >= 0.6 is 0 Å². The molecule has 34 heavy (non-hydrogen) atoms. The second kappa shape index (κ2) is 10.9. The highest BCUT2D eigenvalue weighted by atomic mass is 32.2. The number of ether oxygens (including phenoxy) is 1. The normalized spacial score (nSPS) is 15.3. The first-order valence-electron chi connectivity index (χ1n) is 11.1. The summed E-state index contributed by atoms with van der Waals surface area (Å²) in [5.74, 6) is 0.0725. The third kappa shape index (κ3) is 5.96. The van der Waals surface area contributed by atoms with Crippen LogP contribution in [0.5, 0.6) is 5.75 Å². The molecule has 0 radical (unpaired) electrons. The fraction of sp³-hybridized carbons (Fsp3) is 0.435. The van der Waals surface area contributed by atoms with E-state index in [2.05, 4.69) is 5.32 Å². The highest BCUT2D eigenvalue weighted by molar-refractivity contribution is 7.89. The van der Waals surface area contributed by atoms with E-state index >= 15 is 0 Å². The zero-order valence-electron chi connectivity index (χ0n) is 19.7. The number of carbonyl (C=O) groups excluding carboxylic acids is 1. The van der Waals surface area contributed by atoms with Crippen molar-refractivity contribution >= 4 is 26.0 Å². The number of benzene rings is 2. The van der Waals surface area contributed by atoms with Gasteiger partial charge in [-0.25, -0.2) is 21.1 Å². The first kappa shape index (κ1) is 26.1. The van der Waals surface area contributed by atoms with Gasteiger partial charge in [0.1, 0.15) is 12.4 Å². The van der Waals surface area contributed by atoms with Crippen LogP contribution in [0.2, 0.25) is 0 Å². The summed E-state index contributed by atoms with van der Waals surface area (Å²) in [7, 11) is -4.24. The molecule has 0 aliphatic carbocycles. The fourth-order valence-electron chi connectivity index (χ4n) is 3.62. The Morgan fingerprint density at radius 2 is 1.65 bits per heavy atom. The molecule has 0 unspecified atom stereocenters. The quantitative estimate of drug-likeness (QED) is 0.519. The van der Waals surface area contributed by atoms with Crippen LogP contribution in [-0.4, -0.2) is 71.7 Å². The number of nitrogens with one attached hydrogen (secondary N) is 1. The van der Waals surface area contributed by atoms with Crippen molar-refractivity contribution in [3.8, 4) is 5.75 Å². The summed E-state index contributed by atoms with van der Waals surface area (Å²) in [6.45, 7) is 3.07. The summed E-state index contributed by atoms with van der Waals surface area (Å²) in [5, 5.41) is 2.72. The van der Waals surface area contributed by atoms with Crippen molar-refractivity contribution < 1.29 is 26.4 Å². The SMILES string of the molecule is Cc1ccc(C(=O)NCCOc2ccc(S(=O)(=O)N(C)C)cc2)cc1S(=O)(=O)N1CCCCC1. The average Bonchev–Trinajstić information content (AvgIpc) is 2.82. The van der Waals surface area contributed by atoms with Gasteiger partial charge in [-0.05, 0) is 61.7 Å². The van der Waals surface area contributed by atoms with Gasteiger partial charge in [-0.15, -0.1) is 0 Å². The Morgan fingerprint density at radius 1 is 1.00 bits per heavy atom. The van der Waals surface area contributed by atoms with Gasteiger partial charge in [-0.3, -0.25) is 4.79 Å². The number of sulfonamides is 2. The highest BCUT2D eigenvalue weighted by Gasteiger charge is 2.28. The number of rotatable bonds is 9. The Kier molecular flexibility index (Phi) is 8.34. The fourth-order valence-corrected chi connectivity index (χ4v) is 6.29. The van der Waals surface area contributed by atoms with E-state index in [0.717, 1.165) is 23.6 Å². The van der Waals surface area contributed by atoms with Crippen LogP contribution in [-0.2, 0) is 20.0 Å². The Balaban J connectivity index is 1.58. The number of hydrogen-bond donors (Lipinski definition) is 1. The maximum Gasteiger partial charge on any atom is 0.251 e. The van der Waals surface area contributed by atoms with Crippen LogP contribution in [0.25, 0.3) is 0 Å². The minimum Gasteiger partial charge on any atom is -0.492 e. The Bertz CT molecular complexity index is 1220. The van der Waals surface area contributed by atoms with Gasteiger partial charge < -0.3 is 10.1 Å². The van der Waals surface area contributed by atoms with Crippen molar-refractivity contribution in [1.29, 1.82) is 0 Å². The number of hydrogen-bond acceptors (Lipinski definition) is 6. The van der Waals surface area contributed by atoms with E-state index in [0.29, 0.717) is 24.4 Å². The van der Waals surface area contributed by atoms with Gasteiger partial charge in [0.15, 0.2) is 0 Å². The van der Waals surface area contributed by atoms with Crippen LogP contribution in [0.3, 0.4) is 0 Å². The van der Waals surface area contributed by atoms with E-state index < -0.39 is 26.0 Å². The van der Waals surface area contributed by atoms with Crippen molar-refractivity contribution in [3.05, 3.63) is 53.6 Å². The molecule has 11 heteroatoms. The molecular weight excluding hydrogens is 478 g/mol. The van der Waals surface area contributed by atoms with E-state index in [1.165, 1.54) is 36.6 Å². The number of carbonyl (C=O) groups is 1.